The minimum Gasteiger partial charge on any atom is -0.347 e. The Labute approximate surface area is 142 Å². The first-order chi connectivity index (χ1) is 11.6. The molecule has 1 amide bonds. The molecule has 0 spiro atoms. The third kappa shape index (κ3) is 3.54. The molecule has 4 heteroatoms. The Hall–Kier alpha value is -2.88. The van der Waals surface area contributed by atoms with Gasteiger partial charge in [-0.1, -0.05) is 30.3 Å². The van der Waals surface area contributed by atoms with Crippen molar-refractivity contribution in [1.29, 1.82) is 0 Å². The van der Waals surface area contributed by atoms with Crippen molar-refractivity contribution in [2.24, 2.45) is 7.05 Å². The van der Waals surface area contributed by atoms with E-state index < -0.39 is 0 Å². The zero-order valence-corrected chi connectivity index (χ0v) is 14.0. The molecule has 0 radical (unpaired) electrons. The van der Waals surface area contributed by atoms with Crippen LogP contribution >= 0.6 is 0 Å². The minimum atomic E-state index is 0.0106. The number of carbonyl (C=O) groups excluding carboxylic acids is 1. The van der Waals surface area contributed by atoms with E-state index in [2.05, 4.69) is 24.0 Å². The minimum absolute atomic E-state index is 0.0106. The Morgan fingerprint density at radius 3 is 2.50 bits per heavy atom. The lowest BCUT2D eigenvalue weighted by Gasteiger charge is -2.23. The first kappa shape index (κ1) is 16.0. The van der Waals surface area contributed by atoms with Crippen LogP contribution in [-0.2, 0) is 20.1 Å². The lowest BCUT2D eigenvalue weighted by molar-refractivity contribution is 0.0718. The van der Waals surface area contributed by atoms with Crippen LogP contribution in [0, 0.1) is 6.92 Å². The quantitative estimate of drug-likeness (QED) is 0.721. The summed E-state index contributed by atoms with van der Waals surface area (Å²) in [7, 11) is 1.89. The molecule has 2 aromatic heterocycles. The largest absolute Gasteiger partial charge is 0.347 e. The zero-order valence-electron chi connectivity index (χ0n) is 14.0. The third-order valence-corrected chi connectivity index (χ3v) is 4.15. The zero-order chi connectivity index (χ0) is 16.9. The molecule has 0 N–H and O–H groups in total. The van der Waals surface area contributed by atoms with Gasteiger partial charge in [-0.2, -0.15) is 0 Å². The van der Waals surface area contributed by atoms with Crippen LogP contribution in [-0.4, -0.2) is 20.4 Å². The molecule has 0 fully saturated rings. The van der Waals surface area contributed by atoms with Gasteiger partial charge in [0.1, 0.15) is 5.69 Å². The van der Waals surface area contributed by atoms with E-state index in [0.717, 1.165) is 11.3 Å². The van der Waals surface area contributed by atoms with Crippen molar-refractivity contribution in [1.82, 2.24) is 14.5 Å². The van der Waals surface area contributed by atoms with Gasteiger partial charge in [-0.05, 0) is 42.3 Å². The second-order valence-electron chi connectivity index (χ2n) is 5.91. The van der Waals surface area contributed by atoms with Gasteiger partial charge >= 0.3 is 0 Å². The fraction of sp³-hybridized carbons (Fsp3) is 0.200. The molecule has 1 aromatic carbocycles. The van der Waals surface area contributed by atoms with Crippen molar-refractivity contribution in [3.63, 3.8) is 0 Å². The van der Waals surface area contributed by atoms with Crippen molar-refractivity contribution in [3.8, 4) is 0 Å². The summed E-state index contributed by atoms with van der Waals surface area (Å²) in [6.45, 7) is 3.12. The van der Waals surface area contributed by atoms with Crippen LogP contribution in [0.5, 0.6) is 0 Å². The van der Waals surface area contributed by atoms with Gasteiger partial charge < -0.3 is 9.47 Å². The van der Waals surface area contributed by atoms with Gasteiger partial charge in [0.15, 0.2) is 0 Å². The van der Waals surface area contributed by atoms with Gasteiger partial charge in [-0.3, -0.25) is 9.78 Å². The van der Waals surface area contributed by atoms with Gasteiger partial charge in [0.05, 0.1) is 12.2 Å². The summed E-state index contributed by atoms with van der Waals surface area (Å²) in [6.07, 6.45) is 3.65. The molecular formula is C20H21N3O. The average Bonchev–Trinajstić information content (AvgIpc) is 3.02. The van der Waals surface area contributed by atoms with Crippen LogP contribution in [0.3, 0.4) is 0 Å². The maximum Gasteiger partial charge on any atom is 0.271 e. The SMILES string of the molecule is Cc1ccccc1CN(Cc1ccccn1)C(=O)c1cccn1C. The molecule has 2 heterocycles. The standard InChI is InChI=1S/C20H21N3O/c1-16-8-3-4-9-17(16)14-23(15-18-10-5-6-12-21-18)20(24)19-11-7-13-22(19)2/h3-13H,14-15H2,1-2H3. The van der Waals surface area contributed by atoms with Crippen molar-refractivity contribution in [3.05, 3.63) is 89.5 Å². The Morgan fingerprint density at radius 1 is 1.04 bits per heavy atom. The third-order valence-electron chi connectivity index (χ3n) is 4.15. The molecule has 0 atom stereocenters. The van der Waals surface area contributed by atoms with Crippen LogP contribution < -0.4 is 0 Å². The predicted molar refractivity (Wildman–Crippen MR) is 94.4 cm³/mol. The molecule has 0 aliphatic carbocycles. The van der Waals surface area contributed by atoms with Crippen molar-refractivity contribution >= 4 is 5.91 Å². The molecule has 0 saturated heterocycles. The summed E-state index contributed by atoms with van der Waals surface area (Å²) >= 11 is 0. The predicted octanol–water partition coefficient (Wildman–Crippen LogP) is 3.57. The summed E-state index contributed by atoms with van der Waals surface area (Å²) in [6, 6.07) is 17.7. The Kier molecular flexibility index (Phi) is 4.75. The summed E-state index contributed by atoms with van der Waals surface area (Å²) < 4.78 is 1.85. The van der Waals surface area contributed by atoms with E-state index in [0.29, 0.717) is 18.8 Å². The fourth-order valence-corrected chi connectivity index (χ4v) is 2.73. The Balaban J connectivity index is 1.90. The highest BCUT2D eigenvalue weighted by atomic mass is 16.2. The lowest BCUT2D eigenvalue weighted by Crippen LogP contribution is -2.32. The summed E-state index contributed by atoms with van der Waals surface area (Å²) in [5, 5.41) is 0. The topological polar surface area (TPSA) is 38.1 Å². The molecule has 0 aliphatic rings. The highest BCUT2D eigenvalue weighted by Gasteiger charge is 2.19. The number of carbonyl (C=O) groups is 1. The first-order valence-corrected chi connectivity index (χ1v) is 8.00. The van der Waals surface area contributed by atoms with E-state index in [1.807, 2.05) is 65.2 Å². The van der Waals surface area contributed by atoms with Crippen LogP contribution in [0.2, 0.25) is 0 Å². The Bertz CT molecular complexity index is 824. The van der Waals surface area contributed by atoms with E-state index in [4.69, 9.17) is 0 Å². The number of pyridine rings is 1. The summed E-state index contributed by atoms with van der Waals surface area (Å²) in [5.41, 5.74) is 3.90. The molecule has 122 valence electrons. The van der Waals surface area contributed by atoms with Crippen molar-refractivity contribution < 1.29 is 4.79 Å². The average molecular weight is 319 g/mol. The lowest BCUT2D eigenvalue weighted by atomic mass is 10.1. The van der Waals surface area contributed by atoms with Gasteiger partial charge in [0, 0.05) is 26.0 Å². The number of amides is 1. The van der Waals surface area contributed by atoms with E-state index in [1.165, 1.54) is 5.56 Å². The smallest absolute Gasteiger partial charge is 0.271 e. The number of benzene rings is 1. The van der Waals surface area contributed by atoms with E-state index in [9.17, 15) is 4.79 Å². The number of rotatable bonds is 5. The molecule has 3 rings (SSSR count). The fourth-order valence-electron chi connectivity index (χ4n) is 2.73. The molecule has 0 unspecified atom stereocenters. The maximum absolute atomic E-state index is 13.0. The van der Waals surface area contributed by atoms with Crippen molar-refractivity contribution in [2.75, 3.05) is 0 Å². The molecule has 4 nitrogen and oxygen atoms in total. The summed E-state index contributed by atoms with van der Waals surface area (Å²) in [5.74, 6) is 0.0106. The second kappa shape index (κ2) is 7.13. The van der Waals surface area contributed by atoms with Gasteiger partial charge in [0.25, 0.3) is 5.91 Å². The van der Waals surface area contributed by atoms with Crippen LogP contribution in [0.4, 0.5) is 0 Å². The molecule has 24 heavy (non-hydrogen) atoms. The monoisotopic (exact) mass is 319 g/mol. The normalized spacial score (nSPS) is 10.6. The Morgan fingerprint density at radius 2 is 1.83 bits per heavy atom. The highest BCUT2D eigenvalue weighted by Crippen LogP contribution is 2.16. The number of aromatic nitrogens is 2. The van der Waals surface area contributed by atoms with Gasteiger partial charge in [-0.15, -0.1) is 0 Å². The highest BCUT2D eigenvalue weighted by molar-refractivity contribution is 5.92. The van der Waals surface area contributed by atoms with E-state index in [1.54, 1.807) is 6.20 Å². The molecule has 0 saturated carbocycles. The molecule has 3 aromatic rings. The van der Waals surface area contributed by atoms with Crippen LogP contribution in [0.25, 0.3) is 0 Å². The van der Waals surface area contributed by atoms with Crippen molar-refractivity contribution in [2.45, 2.75) is 20.0 Å². The molecule has 0 bridgehead atoms. The first-order valence-electron chi connectivity index (χ1n) is 8.00. The number of nitrogens with zero attached hydrogens (tertiary/aromatic N) is 3. The van der Waals surface area contributed by atoms with Crippen LogP contribution in [0.1, 0.15) is 27.3 Å². The number of hydrogen-bond donors (Lipinski definition) is 0. The summed E-state index contributed by atoms with van der Waals surface area (Å²) in [4.78, 5) is 19.2. The second-order valence-corrected chi connectivity index (χ2v) is 5.91. The maximum atomic E-state index is 13.0. The van der Waals surface area contributed by atoms with E-state index >= 15 is 0 Å². The number of aryl methyl sites for hydroxylation is 2. The van der Waals surface area contributed by atoms with Gasteiger partial charge in [0.2, 0.25) is 0 Å². The molecular weight excluding hydrogens is 298 g/mol. The van der Waals surface area contributed by atoms with Gasteiger partial charge in [-0.25, -0.2) is 0 Å². The van der Waals surface area contributed by atoms with E-state index in [-0.39, 0.29) is 5.91 Å². The number of hydrogen-bond acceptors (Lipinski definition) is 2. The molecule has 0 aliphatic heterocycles. The van der Waals surface area contributed by atoms with Crippen LogP contribution in [0.15, 0.2) is 67.0 Å².